The fourth-order valence-corrected chi connectivity index (χ4v) is 0.788. The highest BCUT2D eigenvalue weighted by atomic mass is 19.4. The van der Waals surface area contributed by atoms with Crippen molar-refractivity contribution in [1.29, 1.82) is 0 Å². The van der Waals surface area contributed by atoms with Crippen LogP contribution in [0.15, 0.2) is 11.5 Å². The van der Waals surface area contributed by atoms with Gasteiger partial charge < -0.3 is 14.6 Å². The van der Waals surface area contributed by atoms with E-state index in [-0.39, 0.29) is 13.2 Å². The molecule has 74 valence electrons. The zero-order valence-corrected chi connectivity index (χ0v) is 6.22. The molecule has 4 nitrogen and oxygen atoms in total. The first-order chi connectivity index (χ1) is 5.93. The Labute approximate surface area is 70.5 Å². The summed E-state index contributed by atoms with van der Waals surface area (Å²) < 4.78 is 44.6. The van der Waals surface area contributed by atoms with Gasteiger partial charge in [-0.3, -0.25) is 0 Å². The van der Waals surface area contributed by atoms with Crippen molar-refractivity contribution in [2.24, 2.45) is 0 Å². The van der Waals surface area contributed by atoms with Crippen LogP contribution in [0.1, 0.15) is 0 Å². The molecule has 0 aromatic heterocycles. The summed E-state index contributed by atoms with van der Waals surface area (Å²) in [5.41, 5.74) is 0. The maximum atomic E-state index is 12.0. The molecule has 0 bridgehead atoms. The zero-order valence-electron chi connectivity index (χ0n) is 6.22. The predicted molar refractivity (Wildman–Crippen MR) is 32.6 cm³/mol. The molecule has 0 spiro atoms. The Bertz CT molecular complexity index is 255. The normalized spacial score (nSPS) is 17.8. The summed E-state index contributed by atoms with van der Waals surface area (Å²) in [5, 5.41) is 8.31. The van der Waals surface area contributed by atoms with Gasteiger partial charge in [-0.15, -0.1) is 0 Å². The van der Waals surface area contributed by atoms with E-state index in [1.54, 1.807) is 0 Å². The van der Waals surface area contributed by atoms with Gasteiger partial charge in [-0.05, 0) is 0 Å². The Morgan fingerprint density at radius 3 is 2.23 bits per heavy atom. The minimum atomic E-state index is -4.83. The Balaban J connectivity index is 3.04. The Hall–Kier alpha value is -1.40. The molecule has 0 atom stereocenters. The van der Waals surface area contributed by atoms with E-state index in [9.17, 15) is 18.0 Å². The molecule has 1 heterocycles. The van der Waals surface area contributed by atoms with Gasteiger partial charge in [0.25, 0.3) is 11.5 Å². The second-order valence-corrected chi connectivity index (χ2v) is 2.16. The fourth-order valence-electron chi connectivity index (χ4n) is 0.788. The first-order valence-corrected chi connectivity index (χ1v) is 3.23. The maximum Gasteiger partial charge on any atom is 0.453 e. The number of carboxylic acids is 1. The Morgan fingerprint density at radius 1 is 1.31 bits per heavy atom. The van der Waals surface area contributed by atoms with Crippen LogP contribution in [-0.2, 0) is 14.3 Å². The SMILES string of the molecule is O=C(O)C1=C(C(F)(F)F)OCCO1. The second-order valence-electron chi connectivity index (χ2n) is 2.16. The molecular weight excluding hydrogens is 193 g/mol. The third-order valence-electron chi connectivity index (χ3n) is 1.23. The first kappa shape index (κ1) is 9.69. The lowest BCUT2D eigenvalue weighted by Gasteiger charge is -2.20. The van der Waals surface area contributed by atoms with Gasteiger partial charge in [0, 0.05) is 0 Å². The summed E-state index contributed by atoms with van der Waals surface area (Å²) in [6.45, 7) is -0.493. The molecule has 0 aromatic carbocycles. The van der Waals surface area contributed by atoms with E-state index < -0.39 is 23.7 Å². The molecule has 0 fully saturated rings. The van der Waals surface area contributed by atoms with Gasteiger partial charge in [-0.1, -0.05) is 0 Å². The number of ether oxygens (including phenoxy) is 2. The number of aliphatic carboxylic acids is 1. The molecule has 0 aliphatic carbocycles. The van der Waals surface area contributed by atoms with Gasteiger partial charge in [0.2, 0.25) is 0 Å². The van der Waals surface area contributed by atoms with Crippen LogP contribution < -0.4 is 0 Å². The molecule has 0 aromatic rings. The van der Waals surface area contributed by atoms with Crippen LogP contribution in [0, 0.1) is 0 Å². The Kier molecular flexibility index (Phi) is 2.35. The molecule has 0 saturated heterocycles. The van der Waals surface area contributed by atoms with Gasteiger partial charge in [0.15, 0.2) is 0 Å². The third kappa shape index (κ3) is 2.04. The van der Waals surface area contributed by atoms with E-state index in [0.717, 1.165) is 0 Å². The quantitative estimate of drug-likeness (QED) is 0.679. The largest absolute Gasteiger partial charge is 0.483 e. The number of carboxylic acid groups (broad SMARTS) is 1. The minimum absolute atomic E-state index is 0.193. The van der Waals surface area contributed by atoms with Gasteiger partial charge in [-0.25, -0.2) is 4.79 Å². The lowest BCUT2D eigenvalue weighted by molar-refractivity contribution is -0.158. The number of allylic oxidation sites excluding steroid dienone is 1. The molecule has 7 heteroatoms. The monoisotopic (exact) mass is 198 g/mol. The van der Waals surface area contributed by atoms with Crippen LogP contribution in [0.3, 0.4) is 0 Å². The standard InChI is InChI=1S/C6H5F3O4/c7-6(8,9)4-3(5(10)11)12-1-2-13-4/h1-2H2,(H,10,11). The summed E-state index contributed by atoms with van der Waals surface area (Å²) in [4.78, 5) is 10.2. The van der Waals surface area contributed by atoms with E-state index in [2.05, 4.69) is 9.47 Å². The van der Waals surface area contributed by atoms with Crippen molar-refractivity contribution in [1.82, 2.24) is 0 Å². The van der Waals surface area contributed by atoms with Gasteiger partial charge in [0.1, 0.15) is 13.2 Å². The third-order valence-corrected chi connectivity index (χ3v) is 1.23. The number of hydrogen-bond acceptors (Lipinski definition) is 3. The second kappa shape index (κ2) is 3.15. The van der Waals surface area contributed by atoms with Crippen LogP contribution in [0.4, 0.5) is 13.2 Å². The zero-order chi connectivity index (χ0) is 10.1. The van der Waals surface area contributed by atoms with E-state index in [0.29, 0.717) is 0 Å². The van der Waals surface area contributed by atoms with E-state index in [4.69, 9.17) is 5.11 Å². The number of hydrogen-bond donors (Lipinski definition) is 1. The smallest absolute Gasteiger partial charge is 0.453 e. The van der Waals surface area contributed by atoms with Crippen LogP contribution >= 0.6 is 0 Å². The van der Waals surface area contributed by atoms with Crippen molar-refractivity contribution >= 4 is 5.97 Å². The highest BCUT2D eigenvalue weighted by Crippen LogP contribution is 2.31. The van der Waals surface area contributed by atoms with Crippen molar-refractivity contribution in [3.8, 4) is 0 Å². The van der Waals surface area contributed by atoms with E-state index >= 15 is 0 Å². The predicted octanol–water partition coefficient (Wildman–Crippen LogP) is 0.892. The van der Waals surface area contributed by atoms with Crippen molar-refractivity contribution in [2.45, 2.75) is 6.18 Å². The molecule has 0 radical (unpaired) electrons. The van der Waals surface area contributed by atoms with Crippen molar-refractivity contribution in [2.75, 3.05) is 13.2 Å². The lowest BCUT2D eigenvalue weighted by atomic mass is 10.3. The summed E-state index contributed by atoms with van der Waals surface area (Å²) in [7, 11) is 0. The van der Waals surface area contributed by atoms with Crippen molar-refractivity contribution in [3.63, 3.8) is 0 Å². The summed E-state index contributed by atoms with van der Waals surface area (Å²) in [5.74, 6) is -4.54. The van der Waals surface area contributed by atoms with Crippen LogP contribution in [0.2, 0.25) is 0 Å². The van der Waals surface area contributed by atoms with Crippen molar-refractivity contribution < 1.29 is 32.5 Å². The topological polar surface area (TPSA) is 55.8 Å². The highest BCUT2D eigenvalue weighted by molar-refractivity contribution is 5.85. The number of rotatable bonds is 1. The molecule has 1 aliphatic heterocycles. The summed E-state index contributed by atoms with van der Waals surface area (Å²) in [6, 6.07) is 0. The lowest BCUT2D eigenvalue weighted by Crippen LogP contribution is -2.27. The fraction of sp³-hybridized carbons (Fsp3) is 0.500. The molecule has 13 heavy (non-hydrogen) atoms. The summed E-state index contributed by atoms with van der Waals surface area (Å²) >= 11 is 0. The number of alkyl halides is 3. The minimum Gasteiger partial charge on any atom is -0.483 e. The molecule has 1 aliphatic rings. The van der Waals surface area contributed by atoms with Crippen LogP contribution in [0.25, 0.3) is 0 Å². The Morgan fingerprint density at radius 2 is 1.85 bits per heavy atom. The molecule has 1 rings (SSSR count). The van der Waals surface area contributed by atoms with Crippen LogP contribution in [-0.4, -0.2) is 30.5 Å². The summed E-state index contributed by atoms with van der Waals surface area (Å²) in [6.07, 6.45) is -4.83. The van der Waals surface area contributed by atoms with Crippen LogP contribution in [0.5, 0.6) is 0 Å². The molecule has 0 amide bonds. The van der Waals surface area contributed by atoms with Gasteiger partial charge in [-0.2, -0.15) is 13.2 Å². The van der Waals surface area contributed by atoms with Gasteiger partial charge >= 0.3 is 12.1 Å². The van der Waals surface area contributed by atoms with E-state index in [1.165, 1.54) is 0 Å². The first-order valence-electron chi connectivity index (χ1n) is 3.23. The number of carbonyl (C=O) groups is 1. The molecular formula is C6H5F3O4. The molecule has 0 saturated carbocycles. The number of halogens is 3. The average molecular weight is 198 g/mol. The van der Waals surface area contributed by atoms with Crippen molar-refractivity contribution in [3.05, 3.63) is 11.5 Å². The molecule has 1 N–H and O–H groups in total. The van der Waals surface area contributed by atoms with Gasteiger partial charge in [0.05, 0.1) is 0 Å². The molecule has 0 unspecified atom stereocenters. The average Bonchev–Trinajstić information content (AvgIpc) is 2.03. The van der Waals surface area contributed by atoms with E-state index in [1.807, 2.05) is 0 Å². The highest BCUT2D eigenvalue weighted by Gasteiger charge is 2.43. The maximum absolute atomic E-state index is 12.0.